The molecule has 0 saturated carbocycles. The molecule has 2 aromatic rings. The van der Waals surface area contributed by atoms with Crippen molar-refractivity contribution < 1.29 is 14.3 Å². The number of hydrogen-bond acceptors (Lipinski definition) is 4. The molecular formula is C17H17N3O3. The van der Waals surface area contributed by atoms with Crippen LogP contribution in [0.15, 0.2) is 42.6 Å². The molecule has 0 fully saturated rings. The van der Waals surface area contributed by atoms with Gasteiger partial charge < -0.3 is 15.0 Å². The van der Waals surface area contributed by atoms with Crippen molar-refractivity contribution in [1.29, 1.82) is 0 Å². The molecule has 1 N–H and O–H groups in total. The van der Waals surface area contributed by atoms with E-state index in [1.807, 2.05) is 6.07 Å². The maximum absolute atomic E-state index is 12.1. The Labute approximate surface area is 134 Å². The predicted molar refractivity (Wildman–Crippen MR) is 86.5 cm³/mol. The number of hydrogen-bond donors (Lipinski definition) is 1. The number of aromatic nitrogens is 1. The van der Waals surface area contributed by atoms with Crippen molar-refractivity contribution >= 4 is 23.3 Å². The van der Waals surface area contributed by atoms with E-state index < -0.39 is 6.10 Å². The molecule has 6 heteroatoms. The number of fused-ring (bicyclic) bond motifs is 1. The van der Waals surface area contributed by atoms with Gasteiger partial charge in [-0.25, -0.2) is 4.98 Å². The SMILES string of the molecule is CC1Oc2ccc(CC(=O)Nc3ccccn3)cc2N(C)C1=O. The number of likely N-dealkylation sites (N-methyl/N-ethyl adjacent to an activating group) is 1. The average molecular weight is 311 g/mol. The van der Waals surface area contributed by atoms with Crippen molar-refractivity contribution in [1.82, 2.24) is 4.98 Å². The van der Waals surface area contributed by atoms with Crippen molar-refractivity contribution in [3.63, 3.8) is 0 Å². The third kappa shape index (κ3) is 3.15. The van der Waals surface area contributed by atoms with Crippen molar-refractivity contribution in [3.05, 3.63) is 48.2 Å². The van der Waals surface area contributed by atoms with E-state index in [4.69, 9.17) is 4.74 Å². The van der Waals surface area contributed by atoms with E-state index in [-0.39, 0.29) is 18.2 Å². The fraction of sp³-hybridized carbons (Fsp3) is 0.235. The van der Waals surface area contributed by atoms with E-state index in [1.54, 1.807) is 55.4 Å². The molecule has 1 atom stereocenters. The van der Waals surface area contributed by atoms with Crippen LogP contribution in [0.4, 0.5) is 11.5 Å². The summed E-state index contributed by atoms with van der Waals surface area (Å²) >= 11 is 0. The van der Waals surface area contributed by atoms with Crippen LogP contribution in [0.25, 0.3) is 0 Å². The van der Waals surface area contributed by atoms with Gasteiger partial charge in [-0.2, -0.15) is 0 Å². The lowest BCUT2D eigenvalue weighted by Crippen LogP contribution is -2.42. The fourth-order valence-corrected chi connectivity index (χ4v) is 2.48. The quantitative estimate of drug-likeness (QED) is 0.941. The first-order valence-corrected chi connectivity index (χ1v) is 7.32. The number of carbonyl (C=O) groups is 2. The lowest BCUT2D eigenvalue weighted by molar-refractivity contribution is -0.125. The molecule has 0 aliphatic carbocycles. The van der Waals surface area contributed by atoms with E-state index in [1.165, 1.54) is 0 Å². The van der Waals surface area contributed by atoms with Crippen LogP contribution < -0.4 is 15.0 Å². The molecule has 0 radical (unpaired) electrons. The second kappa shape index (κ2) is 6.08. The monoisotopic (exact) mass is 311 g/mol. The molecule has 118 valence electrons. The van der Waals surface area contributed by atoms with Crippen LogP contribution in [0.1, 0.15) is 12.5 Å². The fourth-order valence-electron chi connectivity index (χ4n) is 2.48. The van der Waals surface area contributed by atoms with Gasteiger partial charge >= 0.3 is 0 Å². The number of carbonyl (C=O) groups excluding carboxylic acids is 2. The molecule has 2 heterocycles. The average Bonchev–Trinajstić information content (AvgIpc) is 2.54. The Morgan fingerprint density at radius 3 is 2.91 bits per heavy atom. The summed E-state index contributed by atoms with van der Waals surface area (Å²) in [4.78, 5) is 29.7. The van der Waals surface area contributed by atoms with Gasteiger partial charge in [-0.15, -0.1) is 0 Å². The van der Waals surface area contributed by atoms with Gasteiger partial charge in [0.1, 0.15) is 11.6 Å². The summed E-state index contributed by atoms with van der Waals surface area (Å²) in [6.07, 6.45) is 1.32. The van der Waals surface area contributed by atoms with Crippen molar-refractivity contribution in [3.8, 4) is 5.75 Å². The second-order valence-electron chi connectivity index (χ2n) is 5.40. The summed E-state index contributed by atoms with van der Waals surface area (Å²) in [7, 11) is 1.71. The standard InChI is InChI=1S/C17H17N3O3/c1-11-17(22)20(2)13-9-12(6-7-14(13)23-11)10-16(21)19-15-5-3-4-8-18-15/h3-9,11H,10H2,1-2H3,(H,18,19,21). The highest BCUT2D eigenvalue weighted by molar-refractivity contribution is 5.99. The van der Waals surface area contributed by atoms with Crippen LogP contribution in [0, 0.1) is 0 Å². The smallest absolute Gasteiger partial charge is 0.267 e. The molecule has 0 saturated heterocycles. The van der Waals surface area contributed by atoms with E-state index in [0.29, 0.717) is 17.3 Å². The number of ether oxygens (including phenoxy) is 1. The Kier molecular flexibility index (Phi) is 3.97. The van der Waals surface area contributed by atoms with Gasteiger partial charge in [-0.3, -0.25) is 9.59 Å². The molecule has 1 aromatic heterocycles. The third-order valence-corrected chi connectivity index (χ3v) is 3.66. The zero-order valence-electron chi connectivity index (χ0n) is 12.9. The molecule has 23 heavy (non-hydrogen) atoms. The van der Waals surface area contributed by atoms with E-state index >= 15 is 0 Å². The Morgan fingerprint density at radius 1 is 1.35 bits per heavy atom. The molecule has 1 unspecified atom stereocenters. The number of nitrogens with one attached hydrogen (secondary N) is 1. The zero-order valence-corrected chi connectivity index (χ0v) is 12.9. The summed E-state index contributed by atoms with van der Waals surface area (Å²) in [5, 5.41) is 2.74. The van der Waals surface area contributed by atoms with Crippen molar-refractivity contribution in [2.45, 2.75) is 19.4 Å². The minimum atomic E-state index is -0.495. The predicted octanol–water partition coefficient (Wildman–Crippen LogP) is 2.01. The molecule has 2 amide bonds. The van der Waals surface area contributed by atoms with E-state index in [0.717, 1.165) is 5.56 Å². The highest BCUT2D eigenvalue weighted by Crippen LogP contribution is 2.34. The molecule has 6 nitrogen and oxygen atoms in total. The molecule has 1 aliphatic rings. The Morgan fingerprint density at radius 2 is 2.17 bits per heavy atom. The Hall–Kier alpha value is -2.89. The minimum absolute atomic E-state index is 0.104. The van der Waals surface area contributed by atoms with Crippen LogP contribution in [-0.4, -0.2) is 29.9 Å². The summed E-state index contributed by atoms with van der Waals surface area (Å²) in [5.74, 6) is 0.892. The Bertz CT molecular complexity index is 746. The molecule has 1 aromatic carbocycles. The van der Waals surface area contributed by atoms with Crippen LogP contribution in [0.5, 0.6) is 5.75 Å². The lowest BCUT2D eigenvalue weighted by Gasteiger charge is -2.30. The summed E-state index contributed by atoms with van der Waals surface area (Å²) < 4.78 is 5.57. The van der Waals surface area contributed by atoms with Crippen LogP contribution in [0.2, 0.25) is 0 Å². The topological polar surface area (TPSA) is 71.5 Å². The zero-order chi connectivity index (χ0) is 16.4. The van der Waals surface area contributed by atoms with Gasteiger partial charge in [0, 0.05) is 13.2 Å². The summed E-state index contributed by atoms with van der Waals surface area (Å²) in [6, 6.07) is 10.7. The first-order chi connectivity index (χ1) is 11.0. The largest absolute Gasteiger partial charge is 0.479 e. The number of rotatable bonds is 3. The Balaban J connectivity index is 1.75. The molecule has 0 spiro atoms. The lowest BCUT2D eigenvalue weighted by atomic mass is 10.1. The summed E-state index contributed by atoms with van der Waals surface area (Å²) in [6.45, 7) is 1.72. The van der Waals surface area contributed by atoms with Crippen LogP contribution in [0.3, 0.4) is 0 Å². The highest BCUT2D eigenvalue weighted by Gasteiger charge is 2.28. The first-order valence-electron chi connectivity index (χ1n) is 7.32. The maximum atomic E-state index is 12.1. The van der Waals surface area contributed by atoms with Gasteiger partial charge in [-0.05, 0) is 36.8 Å². The molecular weight excluding hydrogens is 294 g/mol. The van der Waals surface area contributed by atoms with E-state index in [2.05, 4.69) is 10.3 Å². The maximum Gasteiger partial charge on any atom is 0.267 e. The number of anilines is 2. The van der Waals surface area contributed by atoms with Gasteiger partial charge in [0.25, 0.3) is 5.91 Å². The summed E-state index contributed by atoms with van der Waals surface area (Å²) in [5.41, 5.74) is 1.48. The molecule has 3 rings (SSSR count). The van der Waals surface area contributed by atoms with Crippen molar-refractivity contribution in [2.24, 2.45) is 0 Å². The second-order valence-corrected chi connectivity index (χ2v) is 5.40. The minimum Gasteiger partial charge on any atom is -0.479 e. The van der Waals surface area contributed by atoms with Crippen molar-refractivity contribution in [2.75, 3.05) is 17.3 Å². The van der Waals surface area contributed by atoms with Gasteiger partial charge in [0.05, 0.1) is 12.1 Å². The molecule has 0 bridgehead atoms. The number of benzene rings is 1. The van der Waals surface area contributed by atoms with Gasteiger partial charge in [-0.1, -0.05) is 12.1 Å². The number of amides is 2. The molecule has 1 aliphatic heterocycles. The number of pyridine rings is 1. The van der Waals surface area contributed by atoms with Crippen LogP contribution in [-0.2, 0) is 16.0 Å². The first kappa shape index (κ1) is 15.0. The van der Waals surface area contributed by atoms with E-state index in [9.17, 15) is 9.59 Å². The van der Waals surface area contributed by atoms with Gasteiger partial charge in [0.2, 0.25) is 5.91 Å². The highest BCUT2D eigenvalue weighted by atomic mass is 16.5. The normalized spacial score (nSPS) is 16.5. The third-order valence-electron chi connectivity index (χ3n) is 3.66. The van der Waals surface area contributed by atoms with Gasteiger partial charge in [0.15, 0.2) is 6.10 Å². The number of nitrogens with zero attached hydrogens (tertiary/aromatic N) is 2. The van der Waals surface area contributed by atoms with Crippen LogP contribution >= 0.6 is 0 Å².